The molecular weight excluding hydrogens is 672 g/mol. The van der Waals surface area contributed by atoms with E-state index < -0.39 is 22.6 Å². The molecule has 50 heavy (non-hydrogen) atoms. The second-order valence-electron chi connectivity index (χ2n) is 14.2. The minimum atomic E-state index is -4.29. The quantitative estimate of drug-likeness (QED) is 0.241. The molecular formula is C35H40F4N8O2S. The molecule has 2 aromatic carbocycles. The molecule has 7 rings (SSSR count). The van der Waals surface area contributed by atoms with Crippen molar-refractivity contribution in [1.82, 2.24) is 28.6 Å². The molecule has 1 spiro atoms. The van der Waals surface area contributed by atoms with Crippen LogP contribution in [0.1, 0.15) is 36.6 Å². The van der Waals surface area contributed by atoms with Crippen molar-refractivity contribution < 1.29 is 26.0 Å². The SMILES string of the molecule is CC(Cn1c(C#N)cc2c(F)c(CN3CCC4(CC3)CN(c3ncnc5ccc(CC(F)(F)F)cc35)C4)ccc21)N1CCN(S(C)(=O)=O)CC1. The van der Waals surface area contributed by atoms with Crippen LogP contribution in [0.5, 0.6) is 0 Å². The first-order valence-corrected chi connectivity index (χ1v) is 18.7. The van der Waals surface area contributed by atoms with Crippen molar-refractivity contribution >= 4 is 37.6 Å². The van der Waals surface area contributed by atoms with E-state index in [0.717, 1.165) is 39.0 Å². The van der Waals surface area contributed by atoms with E-state index in [1.165, 1.54) is 23.0 Å². The van der Waals surface area contributed by atoms with E-state index in [1.807, 2.05) is 23.6 Å². The van der Waals surface area contributed by atoms with Gasteiger partial charge in [0.25, 0.3) is 0 Å². The molecule has 1 unspecified atom stereocenters. The fourth-order valence-corrected chi connectivity index (χ4v) is 8.78. The zero-order valence-corrected chi connectivity index (χ0v) is 28.9. The van der Waals surface area contributed by atoms with E-state index >= 15 is 4.39 Å². The molecule has 10 nitrogen and oxygen atoms in total. The topological polar surface area (TPSA) is 102 Å². The summed E-state index contributed by atoms with van der Waals surface area (Å²) < 4.78 is 82.3. The summed E-state index contributed by atoms with van der Waals surface area (Å²) in [6, 6.07) is 12.2. The summed E-state index contributed by atoms with van der Waals surface area (Å²) in [5, 5.41) is 11.0. The maximum Gasteiger partial charge on any atom is 0.393 e. The third kappa shape index (κ3) is 6.90. The molecule has 2 aromatic heterocycles. The minimum absolute atomic E-state index is 0.0187. The van der Waals surface area contributed by atoms with Crippen molar-refractivity contribution in [2.24, 2.45) is 5.41 Å². The van der Waals surface area contributed by atoms with Crippen LogP contribution in [-0.2, 0) is 29.5 Å². The van der Waals surface area contributed by atoms with Gasteiger partial charge in [0.15, 0.2) is 0 Å². The number of hydrogen-bond acceptors (Lipinski definition) is 8. The number of anilines is 1. The predicted molar refractivity (Wildman–Crippen MR) is 183 cm³/mol. The van der Waals surface area contributed by atoms with Crippen LogP contribution in [0.15, 0.2) is 42.7 Å². The molecule has 1 atom stereocenters. The van der Waals surface area contributed by atoms with Crippen molar-refractivity contribution in [3.8, 4) is 6.07 Å². The number of piperazine rings is 1. The van der Waals surface area contributed by atoms with E-state index in [-0.39, 0.29) is 22.8 Å². The van der Waals surface area contributed by atoms with Gasteiger partial charge in [0.1, 0.15) is 29.7 Å². The Morgan fingerprint density at radius 2 is 1.70 bits per heavy atom. The van der Waals surface area contributed by atoms with Gasteiger partial charge in [0.2, 0.25) is 10.0 Å². The predicted octanol–water partition coefficient (Wildman–Crippen LogP) is 4.77. The number of rotatable bonds is 8. The number of fused-ring (bicyclic) bond motifs is 2. The summed E-state index contributed by atoms with van der Waals surface area (Å²) in [7, 11) is -3.23. The first-order valence-electron chi connectivity index (χ1n) is 16.9. The average Bonchev–Trinajstić information content (AvgIpc) is 3.42. The van der Waals surface area contributed by atoms with Crippen LogP contribution in [0.4, 0.5) is 23.4 Å². The van der Waals surface area contributed by atoms with E-state index in [9.17, 15) is 26.9 Å². The van der Waals surface area contributed by atoms with Crippen LogP contribution in [0, 0.1) is 22.6 Å². The lowest BCUT2D eigenvalue weighted by atomic mass is 9.72. The van der Waals surface area contributed by atoms with E-state index in [1.54, 1.807) is 18.2 Å². The van der Waals surface area contributed by atoms with Gasteiger partial charge in [-0.15, -0.1) is 0 Å². The van der Waals surface area contributed by atoms with E-state index in [0.29, 0.717) is 78.1 Å². The summed E-state index contributed by atoms with van der Waals surface area (Å²) in [6.07, 6.45) is -0.776. The number of nitriles is 1. The maximum atomic E-state index is 16.0. The monoisotopic (exact) mass is 712 g/mol. The second kappa shape index (κ2) is 13.0. The van der Waals surface area contributed by atoms with Gasteiger partial charge in [0.05, 0.1) is 23.7 Å². The van der Waals surface area contributed by atoms with Crippen LogP contribution in [0.25, 0.3) is 21.8 Å². The number of aromatic nitrogens is 3. The lowest BCUT2D eigenvalue weighted by Gasteiger charge is -2.54. The average molecular weight is 713 g/mol. The first-order chi connectivity index (χ1) is 23.7. The Balaban J connectivity index is 0.981. The minimum Gasteiger partial charge on any atom is -0.355 e. The molecule has 4 aromatic rings. The number of hydrogen-bond donors (Lipinski definition) is 0. The molecule has 0 amide bonds. The van der Waals surface area contributed by atoms with Gasteiger partial charge < -0.3 is 9.47 Å². The fourth-order valence-electron chi connectivity index (χ4n) is 7.95. The Morgan fingerprint density at radius 1 is 0.980 bits per heavy atom. The maximum absolute atomic E-state index is 16.0. The van der Waals surface area contributed by atoms with Gasteiger partial charge in [-0.1, -0.05) is 12.1 Å². The highest BCUT2D eigenvalue weighted by molar-refractivity contribution is 7.88. The molecule has 3 saturated heterocycles. The number of nitrogens with zero attached hydrogens (tertiary/aromatic N) is 8. The molecule has 0 radical (unpaired) electrons. The molecule has 0 bridgehead atoms. The lowest BCUT2D eigenvalue weighted by molar-refractivity contribution is -0.127. The van der Waals surface area contributed by atoms with Gasteiger partial charge in [-0.3, -0.25) is 9.80 Å². The zero-order valence-electron chi connectivity index (χ0n) is 28.1. The van der Waals surface area contributed by atoms with E-state index in [4.69, 9.17) is 0 Å². The van der Waals surface area contributed by atoms with Gasteiger partial charge in [-0.25, -0.2) is 22.8 Å². The number of alkyl halides is 3. The Morgan fingerprint density at radius 3 is 2.36 bits per heavy atom. The van der Waals surface area contributed by atoms with Crippen molar-refractivity contribution in [2.45, 2.75) is 51.5 Å². The molecule has 3 fully saturated rings. The third-order valence-electron chi connectivity index (χ3n) is 10.8. The van der Waals surface area contributed by atoms with E-state index in [2.05, 4.69) is 30.7 Å². The Bertz CT molecular complexity index is 2050. The van der Waals surface area contributed by atoms with Crippen molar-refractivity contribution in [2.75, 3.05) is 63.5 Å². The highest BCUT2D eigenvalue weighted by Gasteiger charge is 2.46. The number of sulfonamides is 1. The molecule has 5 heterocycles. The Kier molecular flexibility index (Phi) is 9.03. The summed E-state index contributed by atoms with van der Waals surface area (Å²) in [4.78, 5) is 15.3. The van der Waals surface area contributed by atoms with Crippen LogP contribution < -0.4 is 4.90 Å². The van der Waals surface area contributed by atoms with Gasteiger partial charge in [-0.05, 0) is 62.7 Å². The molecule has 0 N–H and O–H groups in total. The lowest BCUT2D eigenvalue weighted by Crippen LogP contribution is -2.60. The molecule has 3 aliphatic heterocycles. The Labute approximate surface area is 288 Å². The number of benzene rings is 2. The smallest absolute Gasteiger partial charge is 0.355 e. The Hall–Kier alpha value is -3.84. The highest BCUT2D eigenvalue weighted by atomic mass is 32.2. The molecule has 0 saturated carbocycles. The fraction of sp³-hybridized carbons (Fsp3) is 0.514. The summed E-state index contributed by atoms with van der Waals surface area (Å²) in [6.45, 7) is 8.09. The standard InChI is InChI=1S/C35H40F4N8O2S/c1-24(44-11-13-46(14-12-44)50(2,48)49)19-47-27(18-40)16-29-31(47)6-4-26(32(29)36)20-43-9-7-34(8-10-43)21-45(22-34)33-28-15-25(17-35(37,38)39)3-5-30(28)41-23-42-33/h3-6,15-16,23-24H,7-14,17,19-22H2,1-2H3. The summed E-state index contributed by atoms with van der Waals surface area (Å²) in [5.74, 6) is 0.345. The largest absolute Gasteiger partial charge is 0.393 e. The third-order valence-corrected chi connectivity index (χ3v) is 12.1. The van der Waals surface area contributed by atoms with Crippen LogP contribution in [0.3, 0.4) is 0 Å². The molecule has 15 heteroatoms. The molecule has 266 valence electrons. The second-order valence-corrected chi connectivity index (χ2v) is 16.2. The first kappa shape index (κ1) is 34.6. The number of likely N-dealkylation sites (tertiary alicyclic amines) is 1. The van der Waals surface area contributed by atoms with Crippen molar-refractivity contribution in [3.05, 3.63) is 65.4 Å². The molecule has 0 aliphatic carbocycles. The van der Waals surface area contributed by atoms with Gasteiger partial charge in [0, 0.05) is 80.2 Å². The van der Waals surface area contributed by atoms with Gasteiger partial charge >= 0.3 is 6.18 Å². The highest BCUT2D eigenvalue weighted by Crippen LogP contribution is 2.44. The normalized spacial score (nSPS) is 20.0. The molecule has 3 aliphatic rings. The summed E-state index contributed by atoms with van der Waals surface area (Å²) >= 11 is 0. The zero-order chi connectivity index (χ0) is 35.4. The van der Waals surface area contributed by atoms with Crippen LogP contribution in [0.2, 0.25) is 0 Å². The number of halogens is 4. The van der Waals surface area contributed by atoms with Crippen molar-refractivity contribution in [1.29, 1.82) is 5.26 Å². The van der Waals surface area contributed by atoms with Crippen LogP contribution in [-0.4, -0.2) is 108 Å². The van der Waals surface area contributed by atoms with Crippen molar-refractivity contribution in [3.63, 3.8) is 0 Å². The van der Waals surface area contributed by atoms with Crippen LogP contribution >= 0.6 is 0 Å². The number of piperidine rings is 1. The van der Waals surface area contributed by atoms with Gasteiger partial charge in [-0.2, -0.15) is 22.7 Å². The summed E-state index contributed by atoms with van der Waals surface area (Å²) in [5.41, 5.74) is 2.52.